The first-order valence-electron chi connectivity index (χ1n) is 12.4. The fraction of sp³-hybridized carbons (Fsp3) is 0.467. The van der Waals surface area contributed by atoms with Gasteiger partial charge in [0.1, 0.15) is 17.2 Å². The maximum Gasteiger partial charge on any atom is 0.316 e. The van der Waals surface area contributed by atoms with E-state index in [0.717, 1.165) is 29.7 Å². The third-order valence-corrected chi connectivity index (χ3v) is 5.24. The summed E-state index contributed by atoms with van der Waals surface area (Å²) in [5.74, 6) is 1.37. The van der Waals surface area contributed by atoms with Gasteiger partial charge in [-0.2, -0.15) is 0 Å². The number of esters is 1. The van der Waals surface area contributed by atoms with Crippen LogP contribution >= 0.6 is 0 Å². The molecule has 2 aromatic carbocycles. The van der Waals surface area contributed by atoms with Crippen molar-refractivity contribution >= 4 is 17.8 Å². The van der Waals surface area contributed by atoms with Gasteiger partial charge in [-0.3, -0.25) is 9.59 Å². The van der Waals surface area contributed by atoms with E-state index in [4.69, 9.17) is 14.2 Å². The van der Waals surface area contributed by atoms with Gasteiger partial charge in [0.2, 0.25) is 0 Å². The van der Waals surface area contributed by atoms with Crippen LogP contribution in [0.4, 0.5) is 0 Å². The van der Waals surface area contributed by atoms with Crippen LogP contribution < -0.4 is 14.2 Å². The van der Waals surface area contributed by atoms with Crippen molar-refractivity contribution in [3.63, 3.8) is 0 Å². The van der Waals surface area contributed by atoms with Crippen LogP contribution in [0, 0.1) is 5.41 Å². The standard InChI is InChI=1S/C30H40O5/c1-9-19-33-26-18-16-24(29(3,4)5)27(34-20-10-2)23(26)15-17-25(31)21-11-13-22(14-12-21)35-28(32)30(6,7)8/h11-18H,9-10,19-20H2,1-8H3. The molecule has 2 rings (SSSR count). The average Bonchev–Trinajstić information content (AvgIpc) is 2.79. The number of ketones is 1. The highest BCUT2D eigenvalue weighted by atomic mass is 16.5. The number of ether oxygens (including phenoxy) is 3. The molecule has 5 heteroatoms. The van der Waals surface area contributed by atoms with Crippen LogP contribution in [0.25, 0.3) is 6.08 Å². The summed E-state index contributed by atoms with van der Waals surface area (Å²) in [5.41, 5.74) is 1.58. The lowest BCUT2D eigenvalue weighted by Crippen LogP contribution is -2.25. The fourth-order valence-corrected chi connectivity index (χ4v) is 3.23. The van der Waals surface area contributed by atoms with Crippen LogP contribution in [0.1, 0.15) is 89.7 Å². The Labute approximate surface area is 210 Å². The van der Waals surface area contributed by atoms with Crippen molar-refractivity contribution in [1.82, 2.24) is 0 Å². The van der Waals surface area contributed by atoms with Crippen LogP contribution in [0.2, 0.25) is 0 Å². The smallest absolute Gasteiger partial charge is 0.316 e. The van der Waals surface area contributed by atoms with Gasteiger partial charge < -0.3 is 14.2 Å². The SMILES string of the molecule is CCCOc1ccc(C(C)(C)C)c(OCCC)c1C=CC(=O)c1ccc(OC(=O)C(C)(C)C)cc1. The lowest BCUT2D eigenvalue weighted by molar-refractivity contribution is -0.143. The van der Waals surface area contributed by atoms with Crippen LogP contribution in [-0.2, 0) is 10.2 Å². The van der Waals surface area contributed by atoms with Crippen LogP contribution in [-0.4, -0.2) is 25.0 Å². The van der Waals surface area contributed by atoms with Crippen molar-refractivity contribution in [3.8, 4) is 17.2 Å². The number of allylic oxidation sites excluding steroid dienone is 1. The summed E-state index contributed by atoms with van der Waals surface area (Å²) in [6.07, 6.45) is 5.06. The van der Waals surface area contributed by atoms with E-state index in [1.54, 1.807) is 51.1 Å². The fourth-order valence-electron chi connectivity index (χ4n) is 3.23. The van der Waals surface area contributed by atoms with Crippen molar-refractivity contribution in [2.24, 2.45) is 5.41 Å². The van der Waals surface area contributed by atoms with Crippen molar-refractivity contribution in [2.75, 3.05) is 13.2 Å². The van der Waals surface area contributed by atoms with Gasteiger partial charge in [0, 0.05) is 11.1 Å². The largest absolute Gasteiger partial charge is 0.493 e. The van der Waals surface area contributed by atoms with Crippen molar-refractivity contribution in [3.05, 3.63) is 59.2 Å². The number of rotatable bonds is 10. The molecule has 190 valence electrons. The minimum atomic E-state index is -0.603. The van der Waals surface area contributed by atoms with Crippen LogP contribution in [0.15, 0.2) is 42.5 Å². The van der Waals surface area contributed by atoms with Gasteiger partial charge in [-0.25, -0.2) is 0 Å². The Hall–Kier alpha value is -3.08. The summed E-state index contributed by atoms with van der Waals surface area (Å²) in [7, 11) is 0. The molecule has 0 unspecified atom stereocenters. The number of carbonyl (C=O) groups excluding carboxylic acids is 2. The van der Waals surface area contributed by atoms with Gasteiger partial charge in [-0.15, -0.1) is 0 Å². The van der Waals surface area contributed by atoms with Crippen molar-refractivity contribution < 1.29 is 23.8 Å². The summed E-state index contributed by atoms with van der Waals surface area (Å²) in [6.45, 7) is 17.1. The van der Waals surface area contributed by atoms with E-state index in [-0.39, 0.29) is 17.2 Å². The molecule has 5 nitrogen and oxygen atoms in total. The average molecular weight is 481 g/mol. The van der Waals surface area contributed by atoms with Gasteiger partial charge in [0.15, 0.2) is 5.78 Å². The molecular formula is C30H40O5. The number of hydrogen-bond donors (Lipinski definition) is 0. The van der Waals surface area contributed by atoms with Crippen LogP contribution in [0.3, 0.4) is 0 Å². The second-order valence-corrected chi connectivity index (χ2v) is 10.7. The third kappa shape index (κ3) is 7.98. The van der Waals surface area contributed by atoms with Crippen LogP contribution in [0.5, 0.6) is 17.2 Å². The molecule has 0 saturated carbocycles. The Morgan fingerprint density at radius 1 is 0.829 bits per heavy atom. The lowest BCUT2D eigenvalue weighted by atomic mass is 9.84. The predicted octanol–water partition coefficient (Wildman–Crippen LogP) is 7.41. The van der Waals surface area contributed by atoms with E-state index in [1.165, 1.54) is 6.08 Å². The Morgan fingerprint density at radius 3 is 1.97 bits per heavy atom. The molecule has 0 aromatic heterocycles. The minimum absolute atomic E-state index is 0.140. The molecule has 0 N–H and O–H groups in total. The molecule has 0 aliphatic rings. The summed E-state index contributed by atoms with van der Waals surface area (Å²) >= 11 is 0. The Kier molecular flexibility index (Phi) is 9.70. The number of carbonyl (C=O) groups is 2. The molecular weight excluding hydrogens is 440 g/mol. The first kappa shape index (κ1) is 28.2. The molecule has 2 aromatic rings. The van der Waals surface area contributed by atoms with E-state index in [1.807, 2.05) is 12.1 Å². The van der Waals surface area contributed by atoms with E-state index in [9.17, 15) is 9.59 Å². The number of benzene rings is 2. The summed E-state index contributed by atoms with van der Waals surface area (Å²) in [5, 5.41) is 0. The maximum absolute atomic E-state index is 13.0. The predicted molar refractivity (Wildman–Crippen MR) is 142 cm³/mol. The highest BCUT2D eigenvalue weighted by molar-refractivity contribution is 6.07. The zero-order valence-corrected chi connectivity index (χ0v) is 22.5. The molecule has 35 heavy (non-hydrogen) atoms. The van der Waals surface area contributed by atoms with Gasteiger partial charge >= 0.3 is 5.97 Å². The van der Waals surface area contributed by atoms with E-state index < -0.39 is 5.41 Å². The quantitative estimate of drug-likeness (QED) is 0.153. The highest BCUT2D eigenvalue weighted by Crippen LogP contribution is 2.40. The molecule has 0 atom stereocenters. The van der Waals surface area contributed by atoms with Crippen molar-refractivity contribution in [2.45, 2.75) is 73.6 Å². The molecule has 0 radical (unpaired) electrons. The summed E-state index contributed by atoms with van der Waals surface area (Å²) < 4.78 is 17.6. The number of hydrogen-bond acceptors (Lipinski definition) is 5. The highest BCUT2D eigenvalue weighted by Gasteiger charge is 2.25. The molecule has 0 saturated heterocycles. The zero-order valence-electron chi connectivity index (χ0n) is 22.5. The first-order valence-corrected chi connectivity index (χ1v) is 12.4. The first-order chi connectivity index (χ1) is 16.4. The normalized spacial score (nSPS) is 12.0. The third-order valence-electron chi connectivity index (χ3n) is 5.24. The second-order valence-electron chi connectivity index (χ2n) is 10.7. The monoisotopic (exact) mass is 480 g/mol. The molecule has 0 spiro atoms. The van der Waals surface area contributed by atoms with Gasteiger partial charge in [-0.1, -0.05) is 40.7 Å². The molecule has 0 fully saturated rings. The summed E-state index contributed by atoms with van der Waals surface area (Å²) in [6, 6.07) is 10.6. The Bertz CT molecular complexity index is 1030. The minimum Gasteiger partial charge on any atom is -0.493 e. The van der Waals surface area contributed by atoms with Crippen molar-refractivity contribution in [1.29, 1.82) is 0 Å². The molecule has 0 heterocycles. The summed E-state index contributed by atoms with van der Waals surface area (Å²) in [4.78, 5) is 25.1. The Balaban J connectivity index is 2.38. The Morgan fingerprint density at radius 2 is 1.43 bits per heavy atom. The van der Waals surface area contributed by atoms with Gasteiger partial charge in [0.25, 0.3) is 0 Å². The van der Waals surface area contributed by atoms with E-state index >= 15 is 0 Å². The molecule has 0 aliphatic heterocycles. The zero-order chi connectivity index (χ0) is 26.2. The molecule has 0 aliphatic carbocycles. The van der Waals surface area contributed by atoms with Gasteiger partial charge in [0.05, 0.1) is 24.2 Å². The molecule has 0 amide bonds. The van der Waals surface area contributed by atoms with E-state index in [2.05, 4.69) is 34.6 Å². The second kappa shape index (κ2) is 12.1. The maximum atomic E-state index is 13.0. The topological polar surface area (TPSA) is 61.8 Å². The van der Waals surface area contributed by atoms with E-state index in [0.29, 0.717) is 30.3 Å². The molecule has 0 bridgehead atoms. The van der Waals surface area contributed by atoms with Gasteiger partial charge in [-0.05, 0) is 81.5 Å². The lowest BCUT2D eigenvalue weighted by Gasteiger charge is -2.25.